The number of amides is 2. The van der Waals surface area contributed by atoms with E-state index in [1.54, 1.807) is 24.3 Å². The van der Waals surface area contributed by atoms with E-state index in [1.165, 1.54) is 30.3 Å². The summed E-state index contributed by atoms with van der Waals surface area (Å²) in [5.74, 6) is -2.77. The topological polar surface area (TPSA) is 82.4 Å². The van der Waals surface area contributed by atoms with Gasteiger partial charge in [0, 0.05) is 11.8 Å². The van der Waals surface area contributed by atoms with Crippen LogP contribution in [0.3, 0.4) is 0 Å². The molecule has 0 fully saturated rings. The molecule has 0 atom stereocenters. The second-order valence-corrected chi connectivity index (χ2v) is 7.48. The van der Waals surface area contributed by atoms with E-state index in [1.807, 2.05) is 13.0 Å². The Bertz CT molecular complexity index is 1330. The maximum absolute atomic E-state index is 13.8. The van der Waals surface area contributed by atoms with Crippen LogP contribution in [-0.4, -0.2) is 18.4 Å². The van der Waals surface area contributed by atoms with Gasteiger partial charge in [-0.2, -0.15) is 5.26 Å². The summed E-state index contributed by atoms with van der Waals surface area (Å²) < 4.78 is 32.7. The molecule has 0 bridgehead atoms. The molecule has 0 radical (unpaired) electrons. The standard InChI is InChI=1S/C26H19F2N3O3/c1-2-13-34-20-10-5-17(6-11-20)23-24(30-18-7-12-21(27)22(28)14-18)26(33)31(25(23)32)19-8-3-16(15-29)4-9-19/h3-12,14,30H,2,13H2,1H3. The predicted molar refractivity (Wildman–Crippen MR) is 123 cm³/mol. The third kappa shape index (κ3) is 4.36. The van der Waals surface area contributed by atoms with Crippen molar-refractivity contribution in [3.05, 3.63) is 95.2 Å². The molecular formula is C26H19F2N3O3. The van der Waals surface area contributed by atoms with E-state index in [4.69, 9.17) is 10.00 Å². The van der Waals surface area contributed by atoms with Crippen LogP contribution >= 0.6 is 0 Å². The average Bonchev–Trinajstić information content (AvgIpc) is 3.09. The van der Waals surface area contributed by atoms with Crippen LogP contribution in [0.5, 0.6) is 5.75 Å². The van der Waals surface area contributed by atoms with Crippen LogP contribution in [0.15, 0.2) is 72.4 Å². The molecule has 8 heteroatoms. The number of rotatable bonds is 7. The van der Waals surface area contributed by atoms with E-state index in [0.717, 1.165) is 23.5 Å². The lowest BCUT2D eigenvalue weighted by molar-refractivity contribution is -0.120. The predicted octanol–water partition coefficient (Wildman–Crippen LogP) is 5.02. The van der Waals surface area contributed by atoms with E-state index in [9.17, 15) is 18.4 Å². The minimum absolute atomic E-state index is 0.0705. The number of imide groups is 1. The van der Waals surface area contributed by atoms with Gasteiger partial charge >= 0.3 is 0 Å². The van der Waals surface area contributed by atoms with Crippen molar-refractivity contribution in [3.63, 3.8) is 0 Å². The van der Waals surface area contributed by atoms with Crippen LogP contribution in [0.4, 0.5) is 20.2 Å². The van der Waals surface area contributed by atoms with Crippen LogP contribution < -0.4 is 15.0 Å². The van der Waals surface area contributed by atoms with E-state index in [2.05, 4.69) is 5.32 Å². The molecular weight excluding hydrogens is 440 g/mol. The molecule has 0 saturated heterocycles. The highest BCUT2D eigenvalue weighted by molar-refractivity contribution is 6.46. The smallest absolute Gasteiger partial charge is 0.282 e. The van der Waals surface area contributed by atoms with Crippen molar-refractivity contribution in [2.45, 2.75) is 13.3 Å². The zero-order valence-electron chi connectivity index (χ0n) is 18.1. The highest BCUT2D eigenvalue weighted by Gasteiger charge is 2.40. The number of nitrogens with zero attached hydrogens (tertiary/aromatic N) is 2. The summed E-state index contributed by atoms with van der Waals surface area (Å²) in [7, 11) is 0. The number of benzene rings is 3. The van der Waals surface area contributed by atoms with Gasteiger partial charge in [-0.25, -0.2) is 13.7 Å². The largest absolute Gasteiger partial charge is 0.494 e. The van der Waals surface area contributed by atoms with Crippen molar-refractivity contribution in [1.29, 1.82) is 5.26 Å². The molecule has 34 heavy (non-hydrogen) atoms. The van der Waals surface area contributed by atoms with E-state index in [0.29, 0.717) is 23.5 Å². The van der Waals surface area contributed by atoms with E-state index >= 15 is 0 Å². The van der Waals surface area contributed by atoms with Crippen molar-refractivity contribution >= 4 is 28.8 Å². The third-order valence-electron chi connectivity index (χ3n) is 5.14. The lowest BCUT2D eigenvalue weighted by Crippen LogP contribution is -2.32. The maximum atomic E-state index is 13.8. The van der Waals surface area contributed by atoms with E-state index in [-0.39, 0.29) is 22.6 Å². The fourth-order valence-electron chi connectivity index (χ4n) is 3.49. The Labute approximate surface area is 194 Å². The Morgan fingerprint density at radius 3 is 2.26 bits per heavy atom. The number of ether oxygens (including phenoxy) is 1. The van der Waals surface area contributed by atoms with Crippen molar-refractivity contribution < 1.29 is 23.1 Å². The quantitative estimate of drug-likeness (QED) is 0.502. The lowest BCUT2D eigenvalue weighted by Gasteiger charge is -2.15. The van der Waals surface area contributed by atoms with Gasteiger partial charge in [-0.15, -0.1) is 0 Å². The number of hydrogen-bond acceptors (Lipinski definition) is 5. The second kappa shape index (κ2) is 9.55. The molecule has 0 spiro atoms. The number of carbonyl (C=O) groups is 2. The van der Waals surface area contributed by atoms with Gasteiger partial charge in [-0.05, 0) is 60.5 Å². The molecule has 0 aromatic heterocycles. The summed E-state index contributed by atoms with van der Waals surface area (Å²) in [5, 5.41) is 11.8. The number of anilines is 2. The zero-order chi connectivity index (χ0) is 24.2. The number of nitriles is 1. The molecule has 2 amide bonds. The molecule has 1 aliphatic heterocycles. The van der Waals surface area contributed by atoms with Gasteiger partial charge in [-0.1, -0.05) is 19.1 Å². The Morgan fingerprint density at radius 2 is 1.65 bits per heavy atom. The first-order valence-electron chi connectivity index (χ1n) is 10.5. The van der Waals surface area contributed by atoms with Crippen molar-refractivity contribution in [1.82, 2.24) is 0 Å². The van der Waals surface area contributed by atoms with Gasteiger partial charge in [0.05, 0.1) is 29.5 Å². The second-order valence-electron chi connectivity index (χ2n) is 7.48. The van der Waals surface area contributed by atoms with Crippen LogP contribution in [0.25, 0.3) is 5.57 Å². The molecule has 4 rings (SSSR count). The van der Waals surface area contributed by atoms with Crippen LogP contribution in [0.1, 0.15) is 24.5 Å². The number of nitrogens with one attached hydrogen (secondary N) is 1. The van der Waals surface area contributed by atoms with Gasteiger partial charge in [0.25, 0.3) is 11.8 Å². The van der Waals surface area contributed by atoms with Gasteiger partial charge in [0.2, 0.25) is 0 Å². The first-order chi connectivity index (χ1) is 16.4. The average molecular weight is 459 g/mol. The molecule has 3 aromatic carbocycles. The molecule has 0 saturated carbocycles. The fraction of sp³-hybridized carbons (Fsp3) is 0.115. The molecule has 1 N–H and O–H groups in total. The number of halogens is 2. The first-order valence-corrected chi connectivity index (χ1v) is 10.5. The van der Waals surface area contributed by atoms with Crippen molar-refractivity contribution in [3.8, 4) is 11.8 Å². The Hall–Kier alpha value is -4.51. The van der Waals surface area contributed by atoms with E-state index < -0.39 is 23.4 Å². The summed E-state index contributed by atoms with van der Waals surface area (Å²) in [4.78, 5) is 27.7. The highest BCUT2D eigenvalue weighted by atomic mass is 19.2. The first kappa shape index (κ1) is 22.7. The van der Waals surface area contributed by atoms with Crippen LogP contribution in [0, 0.1) is 23.0 Å². The number of hydrogen-bond donors (Lipinski definition) is 1. The van der Waals surface area contributed by atoms with Crippen molar-refractivity contribution in [2.24, 2.45) is 0 Å². The molecule has 3 aromatic rings. The Morgan fingerprint density at radius 1 is 0.941 bits per heavy atom. The third-order valence-corrected chi connectivity index (χ3v) is 5.14. The summed E-state index contributed by atoms with van der Waals surface area (Å²) >= 11 is 0. The maximum Gasteiger partial charge on any atom is 0.282 e. The minimum Gasteiger partial charge on any atom is -0.494 e. The molecule has 170 valence electrons. The normalized spacial score (nSPS) is 13.3. The molecule has 0 aliphatic carbocycles. The fourth-order valence-corrected chi connectivity index (χ4v) is 3.49. The van der Waals surface area contributed by atoms with Crippen LogP contribution in [-0.2, 0) is 9.59 Å². The van der Waals surface area contributed by atoms with Crippen LogP contribution in [0.2, 0.25) is 0 Å². The SMILES string of the molecule is CCCOc1ccc(C2=C(Nc3ccc(F)c(F)c3)C(=O)N(c3ccc(C#N)cc3)C2=O)cc1. The van der Waals surface area contributed by atoms with Gasteiger partial charge in [0.15, 0.2) is 11.6 Å². The highest BCUT2D eigenvalue weighted by Crippen LogP contribution is 2.34. The lowest BCUT2D eigenvalue weighted by atomic mass is 10.0. The summed E-state index contributed by atoms with van der Waals surface area (Å²) in [6, 6.07) is 17.8. The monoisotopic (exact) mass is 459 g/mol. The zero-order valence-corrected chi connectivity index (χ0v) is 18.1. The molecule has 0 unspecified atom stereocenters. The minimum atomic E-state index is -1.09. The Balaban J connectivity index is 1.76. The van der Waals surface area contributed by atoms with Gasteiger partial charge < -0.3 is 10.1 Å². The summed E-state index contributed by atoms with van der Waals surface area (Å²) in [5.41, 5.74) is 1.19. The molecule has 1 heterocycles. The number of carbonyl (C=O) groups excluding carboxylic acids is 2. The molecule has 1 aliphatic rings. The molecule has 6 nitrogen and oxygen atoms in total. The summed E-state index contributed by atoms with van der Waals surface area (Å²) in [6.07, 6.45) is 0.835. The van der Waals surface area contributed by atoms with Gasteiger partial charge in [0.1, 0.15) is 11.4 Å². The summed E-state index contributed by atoms with van der Waals surface area (Å²) in [6.45, 7) is 2.52. The van der Waals surface area contributed by atoms with Gasteiger partial charge in [-0.3, -0.25) is 9.59 Å². The Kier molecular flexibility index (Phi) is 6.37. The van der Waals surface area contributed by atoms with Crippen molar-refractivity contribution in [2.75, 3.05) is 16.8 Å².